The van der Waals surface area contributed by atoms with Crippen molar-refractivity contribution < 1.29 is 14.3 Å². The van der Waals surface area contributed by atoms with E-state index in [1.54, 1.807) is 0 Å². The van der Waals surface area contributed by atoms with Crippen molar-refractivity contribution in [3.63, 3.8) is 0 Å². The van der Waals surface area contributed by atoms with Gasteiger partial charge in [0.15, 0.2) is 5.78 Å². The van der Waals surface area contributed by atoms with Crippen molar-refractivity contribution in [2.24, 2.45) is 0 Å². The fourth-order valence-electron chi connectivity index (χ4n) is 0.949. The Bertz CT molecular complexity index is 224. The number of carbonyl (C=O) groups is 2. The first-order valence-corrected chi connectivity index (χ1v) is 6.41. The summed E-state index contributed by atoms with van der Waals surface area (Å²) >= 11 is 1.42. The van der Waals surface area contributed by atoms with Crippen LogP contribution in [-0.4, -0.2) is 30.4 Å². The maximum Gasteiger partial charge on any atom is 0.313 e. The molecule has 0 radical (unpaired) electrons. The summed E-state index contributed by atoms with van der Waals surface area (Å²) in [5.41, 5.74) is 0. The number of thioether (sulfide) groups is 1. The molecule has 0 spiro atoms. The lowest BCUT2D eigenvalue weighted by Crippen LogP contribution is -2.13. The van der Waals surface area contributed by atoms with Crippen LogP contribution in [0.15, 0.2) is 12.2 Å². The normalized spacial score (nSPS) is 10.5. The van der Waals surface area contributed by atoms with E-state index in [2.05, 4.69) is 0 Å². The summed E-state index contributed by atoms with van der Waals surface area (Å²) in [5.74, 6) is -0.110. The van der Waals surface area contributed by atoms with Gasteiger partial charge < -0.3 is 4.74 Å². The molecule has 0 aliphatic heterocycles. The molecule has 0 saturated heterocycles. The van der Waals surface area contributed by atoms with Gasteiger partial charge in [-0.3, -0.25) is 9.59 Å². The van der Waals surface area contributed by atoms with E-state index in [-0.39, 0.29) is 12.2 Å². The molecule has 0 amide bonds. The van der Waals surface area contributed by atoms with Gasteiger partial charge in [-0.15, -0.1) is 0 Å². The fraction of sp³-hybridized carbons (Fsp3) is 0.636. The van der Waals surface area contributed by atoms with E-state index < -0.39 is 5.97 Å². The lowest BCUT2D eigenvalue weighted by Gasteiger charge is -2.01. The zero-order chi connectivity index (χ0) is 11.5. The van der Waals surface area contributed by atoms with Gasteiger partial charge in [0.05, 0.1) is 12.4 Å². The standard InChI is InChI=1S/C11H18O3S/c1-3-4-5-6-7-14-11(13)8-10(12)9-15-2/h4-5H,3,6-9H2,1-2H3/b5-4-. The number of ether oxygens (including phenoxy) is 1. The molecule has 0 saturated carbocycles. The molecule has 0 aromatic carbocycles. The largest absolute Gasteiger partial charge is 0.465 e. The van der Waals surface area contributed by atoms with Gasteiger partial charge in [0, 0.05) is 0 Å². The number of hydrogen-bond acceptors (Lipinski definition) is 4. The molecule has 0 aromatic rings. The Balaban J connectivity index is 3.49. The molecule has 0 rings (SSSR count). The summed E-state index contributed by atoms with van der Waals surface area (Å²) in [6.45, 7) is 2.41. The predicted molar refractivity (Wildman–Crippen MR) is 63.0 cm³/mol. The molecule has 0 aromatic heterocycles. The third-order valence-corrected chi connectivity index (χ3v) is 2.21. The molecule has 3 nitrogen and oxygen atoms in total. The third kappa shape index (κ3) is 9.53. The maximum atomic E-state index is 11.1. The fourth-order valence-corrected chi connectivity index (χ4v) is 1.37. The zero-order valence-electron chi connectivity index (χ0n) is 9.32. The molecule has 0 aliphatic rings. The number of carbonyl (C=O) groups excluding carboxylic acids is 2. The number of hydrogen-bond donors (Lipinski definition) is 0. The van der Waals surface area contributed by atoms with E-state index in [0.717, 1.165) is 12.8 Å². The molecule has 4 heteroatoms. The van der Waals surface area contributed by atoms with Gasteiger partial charge >= 0.3 is 5.97 Å². The molecule has 0 aliphatic carbocycles. The van der Waals surface area contributed by atoms with Crippen LogP contribution in [0.4, 0.5) is 0 Å². The topological polar surface area (TPSA) is 43.4 Å². The zero-order valence-corrected chi connectivity index (χ0v) is 10.1. The highest BCUT2D eigenvalue weighted by Crippen LogP contribution is 1.98. The average Bonchev–Trinajstić information content (AvgIpc) is 2.17. The Kier molecular flexibility index (Phi) is 9.27. The van der Waals surface area contributed by atoms with Crippen molar-refractivity contribution >= 4 is 23.5 Å². The lowest BCUT2D eigenvalue weighted by molar-refractivity contribution is -0.145. The smallest absolute Gasteiger partial charge is 0.313 e. The second-order valence-corrected chi connectivity index (χ2v) is 3.90. The van der Waals surface area contributed by atoms with Gasteiger partial charge in [0.1, 0.15) is 6.42 Å². The van der Waals surface area contributed by atoms with E-state index in [1.165, 1.54) is 11.8 Å². The second kappa shape index (κ2) is 9.77. The Labute approximate surface area is 95.3 Å². The quantitative estimate of drug-likeness (QED) is 0.277. The summed E-state index contributed by atoms with van der Waals surface area (Å²) in [6, 6.07) is 0. The van der Waals surface area contributed by atoms with Crippen LogP contribution in [0.25, 0.3) is 0 Å². The van der Waals surface area contributed by atoms with E-state index in [1.807, 2.05) is 25.3 Å². The van der Waals surface area contributed by atoms with Crippen LogP contribution in [0.2, 0.25) is 0 Å². The van der Waals surface area contributed by atoms with Crippen molar-refractivity contribution in [2.45, 2.75) is 26.2 Å². The summed E-state index contributed by atoms with van der Waals surface area (Å²) in [5, 5.41) is 0. The van der Waals surface area contributed by atoms with Crippen molar-refractivity contribution in [1.29, 1.82) is 0 Å². The van der Waals surface area contributed by atoms with Gasteiger partial charge in [0.25, 0.3) is 0 Å². The minimum absolute atomic E-state index is 0.0726. The summed E-state index contributed by atoms with van der Waals surface area (Å²) < 4.78 is 4.89. The molecule has 86 valence electrons. The Hall–Kier alpha value is -0.770. The number of allylic oxidation sites excluding steroid dienone is 1. The Morgan fingerprint density at radius 3 is 2.67 bits per heavy atom. The second-order valence-electron chi connectivity index (χ2n) is 3.04. The number of rotatable bonds is 8. The predicted octanol–water partition coefficient (Wildman–Crippen LogP) is 2.21. The minimum Gasteiger partial charge on any atom is -0.465 e. The van der Waals surface area contributed by atoms with Gasteiger partial charge in [0.2, 0.25) is 0 Å². The van der Waals surface area contributed by atoms with Crippen molar-refractivity contribution in [2.75, 3.05) is 18.6 Å². The average molecular weight is 230 g/mol. The highest BCUT2D eigenvalue weighted by Gasteiger charge is 2.09. The molecule has 0 unspecified atom stereocenters. The minimum atomic E-state index is -0.418. The summed E-state index contributed by atoms with van der Waals surface area (Å²) in [7, 11) is 0. The van der Waals surface area contributed by atoms with Crippen LogP contribution >= 0.6 is 11.8 Å². The SMILES string of the molecule is CC/C=C\CCOC(=O)CC(=O)CSC. The molecule has 0 fully saturated rings. The van der Waals surface area contributed by atoms with Crippen molar-refractivity contribution in [3.8, 4) is 0 Å². The molecule has 15 heavy (non-hydrogen) atoms. The molecule has 0 bridgehead atoms. The first-order chi connectivity index (χ1) is 7.20. The van der Waals surface area contributed by atoms with Gasteiger partial charge in [-0.25, -0.2) is 0 Å². The van der Waals surface area contributed by atoms with E-state index in [0.29, 0.717) is 12.4 Å². The highest BCUT2D eigenvalue weighted by molar-refractivity contribution is 7.99. The first-order valence-electron chi connectivity index (χ1n) is 5.02. The number of ketones is 1. The van der Waals surface area contributed by atoms with Gasteiger partial charge in [-0.1, -0.05) is 19.1 Å². The Morgan fingerprint density at radius 2 is 2.07 bits per heavy atom. The molecular formula is C11H18O3S. The molecule has 0 N–H and O–H groups in total. The van der Waals surface area contributed by atoms with Gasteiger partial charge in [-0.2, -0.15) is 11.8 Å². The third-order valence-electron chi connectivity index (χ3n) is 1.60. The maximum absolute atomic E-state index is 11.1. The van der Waals surface area contributed by atoms with Crippen LogP contribution in [-0.2, 0) is 14.3 Å². The van der Waals surface area contributed by atoms with Crippen molar-refractivity contribution in [1.82, 2.24) is 0 Å². The molecular weight excluding hydrogens is 212 g/mol. The Morgan fingerprint density at radius 1 is 1.33 bits per heavy atom. The number of esters is 1. The molecule has 0 atom stereocenters. The lowest BCUT2D eigenvalue weighted by atomic mass is 10.3. The van der Waals surface area contributed by atoms with Crippen LogP contribution in [0.5, 0.6) is 0 Å². The van der Waals surface area contributed by atoms with E-state index in [9.17, 15) is 9.59 Å². The van der Waals surface area contributed by atoms with Gasteiger partial charge in [-0.05, 0) is 19.1 Å². The molecule has 0 heterocycles. The summed E-state index contributed by atoms with van der Waals surface area (Å²) in [6.07, 6.45) is 7.43. The highest BCUT2D eigenvalue weighted by atomic mass is 32.2. The number of Topliss-reactive ketones (excluding diaryl/α,β-unsaturated/α-hetero) is 1. The van der Waals surface area contributed by atoms with Crippen LogP contribution in [0.1, 0.15) is 26.2 Å². The summed E-state index contributed by atoms with van der Waals surface area (Å²) in [4.78, 5) is 22.1. The van der Waals surface area contributed by atoms with E-state index >= 15 is 0 Å². The first kappa shape index (κ1) is 14.2. The van der Waals surface area contributed by atoms with Crippen LogP contribution in [0, 0.1) is 0 Å². The van der Waals surface area contributed by atoms with Crippen molar-refractivity contribution in [3.05, 3.63) is 12.2 Å². The van der Waals surface area contributed by atoms with Crippen LogP contribution < -0.4 is 0 Å². The monoisotopic (exact) mass is 230 g/mol. The van der Waals surface area contributed by atoms with Crippen LogP contribution in [0.3, 0.4) is 0 Å². The van der Waals surface area contributed by atoms with E-state index in [4.69, 9.17) is 4.74 Å².